The fraction of sp³-hybridized carbons (Fsp3) is 0.650. The fourth-order valence-electron chi connectivity index (χ4n) is 5.90. The summed E-state index contributed by atoms with van der Waals surface area (Å²) in [5.74, 6) is 0.692. The van der Waals surface area contributed by atoms with Gasteiger partial charge in [-0.15, -0.1) is 0 Å². The van der Waals surface area contributed by atoms with E-state index in [1.807, 2.05) is 12.4 Å². The van der Waals surface area contributed by atoms with Gasteiger partial charge in [-0.3, -0.25) is 9.98 Å². The molecular formula is C40H62N2O2. The molecule has 2 atom stereocenters. The van der Waals surface area contributed by atoms with Gasteiger partial charge in [-0.1, -0.05) is 108 Å². The van der Waals surface area contributed by atoms with Crippen LogP contribution in [0, 0.1) is 0 Å². The second-order valence-electron chi connectivity index (χ2n) is 15.8. The lowest BCUT2D eigenvalue weighted by molar-refractivity contribution is 0.389. The highest BCUT2D eigenvalue weighted by Crippen LogP contribution is 2.41. The van der Waals surface area contributed by atoms with Crippen LogP contribution in [0.15, 0.2) is 34.3 Å². The molecule has 4 nitrogen and oxygen atoms in total. The topological polar surface area (TPSA) is 65.2 Å². The first-order chi connectivity index (χ1) is 20.4. The molecule has 1 saturated carbocycles. The van der Waals surface area contributed by atoms with Crippen molar-refractivity contribution in [1.82, 2.24) is 0 Å². The van der Waals surface area contributed by atoms with Crippen molar-refractivity contribution >= 4 is 12.4 Å². The van der Waals surface area contributed by atoms with Gasteiger partial charge < -0.3 is 10.2 Å². The number of hydrogen-bond donors (Lipinski definition) is 2. The van der Waals surface area contributed by atoms with Crippen molar-refractivity contribution in [2.24, 2.45) is 9.98 Å². The second kappa shape index (κ2) is 13.8. The predicted molar refractivity (Wildman–Crippen MR) is 191 cm³/mol. The van der Waals surface area contributed by atoms with Crippen LogP contribution < -0.4 is 0 Å². The molecule has 0 aromatic heterocycles. The van der Waals surface area contributed by atoms with E-state index in [2.05, 4.69) is 107 Å². The maximum atomic E-state index is 11.5. The Balaban J connectivity index is 2.04. The largest absolute Gasteiger partial charge is 0.507 e. The van der Waals surface area contributed by atoms with Gasteiger partial charge in [0.1, 0.15) is 11.5 Å². The van der Waals surface area contributed by atoms with Crippen molar-refractivity contribution in [3.05, 3.63) is 57.6 Å². The van der Waals surface area contributed by atoms with E-state index in [1.54, 1.807) is 0 Å². The zero-order valence-electron chi connectivity index (χ0n) is 30.1. The molecule has 3 rings (SSSR count). The molecule has 0 heterocycles. The zero-order chi connectivity index (χ0) is 33.1. The Morgan fingerprint density at radius 1 is 0.568 bits per heavy atom. The summed E-state index contributed by atoms with van der Waals surface area (Å²) >= 11 is 0. The molecule has 2 aromatic carbocycles. The van der Waals surface area contributed by atoms with Gasteiger partial charge in [0.15, 0.2) is 0 Å². The van der Waals surface area contributed by atoms with Gasteiger partial charge in [-0.05, 0) is 83.4 Å². The van der Waals surface area contributed by atoms with E-state index >= 15 is 0 Å². The van der Waals surface area contributed by atoms with E-state index in [-0.39, 0.29) is 33.7 Å². The van der Waals surface area contributed by atoms with Crippen LogP contribution in [0.2, 0.25) is 0 Å². The van der Waals surface area contributed by atoms with Crippen molar-refractivity contribution in [2.45, 2.75) is 168 Å². The van der Waals surface area contributed by atoms with Crippen LogP contribution in [0.25, 0.3) is 0 Å². The number of aromatic hydroxyl groups is 2. The van der Waals surface area contributed by atoms with E-state index in [9.17, 15) is 10.2 Å². The number of rotatable bonds is 12. The molecule has 0 amide bonds. The third-order valence-corrected chi connectivity index (χ3v) is 11.3. The number of benzene rings is 2. The first-order valence-electron chi connectivity index (χ1n) is 17.3. The quantitative estimate of drug-likeness (QED) is 0.237. The summed E-state index contributed by atoms with van der Waals surface area (Å²) in [7, 11) is 0. The molecule has 0 radical (unpaired) electrons. The van der Waals surface area contributed by atoms with Crippen LogP contribution in [0.3, 0.4) is 0 Å². The lowest BCUT2D eigenvalue weighted by atomic mass is 9.75. The maximum absolute atomic E-state index is 11.5. The minimum absolute atomic E-state index is 0.000599. The number of phenols is 2. The highest BCUT2D eigenvalue weighted by Gasteiger charge is 2.30. The number of phenolic OH excluding ortho intramolecular Hbond substituents is 2. The van der Waals surface area contributed by atoms with E-state index in [0.29, 0.717) is 11.5 Å². The summed E-state index contributed by atoms with van der Waals surface area (Å²) in [6.45, 7) is 26.7. The first kappa shape index (κ1) is 35.9. The van der Waals surface area contributed by atoms with Gasteiger partial charge in [0.2, 0.25) is 0 Å². The average Bonchev–Trinajstić information content (AvgIpc) is 2.99. The maximum Gasteiger partial charge on any atom is 0.128 e. The summed E-state index contributed by atoms with van der Waals surface area (Å²) in [6.07, 6.45) is 11.9. The normalized spacial score (nSPS) is 18.9. The fourth-order valence-corrected chi connectivity index (χ4v) is 5.90. The molecule has 244 valence electrons. The van der Waals surface area contributed by atoms with Crippen molar-refractivity contribution in [3.8, 4) is 11.5 Å². The Labute approximate surface area is 269 Å². The Morgan fingerprint density at radius 2 is 0.886 bits per heavy atom. The Bertz CT molecular complexity index is 1240. The first-order valence-corrected chi connectivity index (χ1v) is 17.3. The lowest BCUT2D eigenvalue weighted by Crippen LogP contribution is -2.27. The van der Waals surface area contributed by atoms with E-state index in [1.165, 1.54) is 11.1 Å². The van der Waals surface area contributed by atoms with Crippen LogP contribution in [0.4, 0.5) is 0 Å². The van der Waals surface area contributed by atoms with Crippen LogP contribution in [0.5, 0.6) is 11.5 Å². The van der Waals surface area contributed by atoms with Crippen LogP contribution >= 0.6 is 0 Å². The molecule has 0 saturated heterocycles. The average molecular weight is 603 g/mol. The summed E-state index contributed by atoms with van der Waals surface area (Å²) in [5, 5.41) is 22.9. The summed E-state index contributed by atoms with van der Waals surface area (Å²) in [5.41, 5.74) is 5.79. The summed E-state index contributed by atoms with van der Waals surface area (Å²) in [6, 6.07) is 8.76. The Hall–Kier alpha value is -2.62. The molecule has 1 aliphatic rings. The van der Waals surface area contributed by atoms with Gasteiger partial charge in [-0.25, -0.2) is 0 Å². The molecule has 0 unspecified atom stereocenters. The van der Waals surface area contributed by atoms with Gasteiger partial charge in [0, 0.05) is 34.7 Å². The standard InChI is InChI=1S/C40H62N2O2/c1-13-37(5,6)29-21-27(35(43)31(23-29)39(9,10)15-3)25-41-33-19-17-18-20-34(33)42-26-28-22-30(38(7,8)14-2)24-32(36(28)44)40(11,12)16-4/h21-26,33-34,43-44H,13-20H2,1-12H3/t33-,34-/m0/s1. The van der Waals surface area contributed by atoms with Gasteiger partial charge in [0.05, 0.1) is 12.1 Å². The van der Waals surface area contributed by atoms with Crippen molar-refractivity contribution in [2.75, 3.05) is 0 Å². The van der Waals surface area contributed by atoms with Crippen LogP contribution in [0.1, 0.15) is 168 Å². The van der Waals surface area contributed by atoms with E-state index in [0.717, 1.165) is 73.6 Å². The van der Waals surface area contributed by atoms with Gasteiger partial charge in [-0.2, -0.15) is 0 Å². The molecule has 2 N–H and O–H groups in total. The van der Waals surface area contributed by atoms with Gasteiger partial charge in [0.25, 0.3) is 0 Å². The molecule has 2 aromatic rings. The molecule has 0 aliphatic heterocycles. The second-order valence-corrected chi connectivity index (χ2v) is 15.8. The molecule has 4 heteroatoms. The lowest BCUT2D eigenvalue weighted by Gasteiger charge is -2.31. The molecular weight excluding hydrogens is 540 g/mol. The summed E-state index contributed by atoms with van der Waals surface area (Å²) < 4.78 is 0. The zero-order valence-corrected chi connectivity index (χ0v) is 30.1. The number of nitrogens with zero attached hydrogens (tertiary/aromatic N) is 2. The number of hydrogen-bond acceptors (Lipinski definition) is 4. The smallest absolute Gasteiger partial charge is 0.128 e. The van der Waals surface area contributed by atoms with Crippen molar-refractivity contribution in [1.29, 1.82) is 0 Å². The van der Waals surface area contributed by atoms with Crippen molar-refractivity contribution < 1.29 is 10.2 Å². The number of aliphatic imine (C=N–C) groups is 2. The third-order valence-electron chi connectivity index (χ3n) is 11.3. The minimum atomic E-state index is -0.141. The SMILES string of the molecule is CCC(C)(C)c1cc(C=N[C@H]2CCCC[C@@H]2N=Cc2cc(C(C)(C)CC)cc(C(C)(C)CC)c2O)c(O)c(C(C)(C)CC)c1. The highest BCUT2D eigenvalue weighted by atomic mass is 16.3. The molecule has 1 fully saturated rings. The van der Waals surface area contributed by atoms with Crippen LogP contribution in [-0.4, -0.2) is 34.7 Å². The Kier molecular flexibility index (Phi) is 11.2. The highest BCUT2D eigenvalue weighted by molar-refractivity contribution is 5.86. The van der Waals surface area contributed by atoms with Gasteiger partial charge >= 0.3 is 0 Å². The molecule has 0 bridgehead atoms. The van der Waals surface area contributed by atoms with Crippen molar-refractivity contribution in [3.63, 3.8) is 0 Å². The minimum Gasteiger partial charge on any atom is -0.507 e. The monoisotopic (exact) mass is 602 g/mol. The van der Waals surface area contributed by atoms with Crippen LogP contribution in [-0.2, 0) is 21.7 Å². The predicted octanol–water partition coefficient (Wildman–Crippen LogP) is 10.7. The molecule has 0 spiro atoms. The molecule has 44 heavy (non-hydrogen) atoms. The molecule has 1 aliphatic carbocycles. The van der Waals surface area contributed by atoms with E-state index < -0.39 is 0 Å². The Morgan fingerprint density at radius 3 is 1.18 bits per heavy atom. The van der Waals surface area contributed by atoms with E-state index in [4.69, 9.17) is 9.98 Å². The third kappa shape index (κ3) is 7.77. The summed E-state index contributed by atoms with van der Waals surface area (Å²) in [4.78, 5) is 10.2.